The van der Waals surface area contributed by atoms with Crippen LogP contribution in [0.15, 0.2) is 0 Å². The zero-order valence-corrected chi connectivity index (χ0v) is 9.56. The Morgan fingerprint density at radius 3 is 2.81 bits per heavy atom. The predicted molar refractivity (Wildman–Crippen MR) is 61.4 cm³/mol. The zero-order chi connectivity index (χ0) is 12.1. The van der Waals surface area contributed by atoms with Gasteiger partial charge in [0.2, 0.25) is 11.6 Å². The van der Waals surface area contributed by atoms with E-state index in [4.69, 9.17) is 5.73 Å². The van der Waals surface area contributed by atoms with Crippen LogP contribution < -0.4 is 11.1 Å². The third-order valence-electron chi connectivity index (χ3n) is 2.40. The fraction of sp³-hybridized carbons (Fsp3) is 0.667. The molecule has 0 fully saturated rings. The van der Waals surface area contributed by atoms with E-state index in [-0.39, 0.29) is 5.82 Å². The molecule has 0 bridgehead atoms. The molecule has 0 unspecified atom stereocenters. The molecule has 0 aliphatic heterocycles. The number of anilines is 1. The Labute approximate surface area is 93.8 Å². The SMILES string of the molecule is Cc1nc([N+](=O)[O-])c(NCCCCN)n1C. The molecule has 1 heterocycles. The van der Waals surface area contributed by atoms with Crippen LogP contribution in [0, 0.1) is 17.0 Å². The summed E-state index contributed by atoms with van der Waals surface area (Å²) in [4.78, 5) is 14.2. The zero-order valence-electron chi connectivity index (χ0n) is 9.56. The van der Waals surface area contributed by atoms with Crippen molar-refractivity contribution in [1.29, 1.82) is 0 Å². The van der Waals surface area contributed by atoms with Gasteiger partial charge in [-0.15, -0.1) is 0 Å². The summed E-state index contributed by atoms with van der Waals surface area (Å²) < 4.78 is 1.68. The minimum absolute atomic E-state index is 0.118. The van der Waals surface area contributed by atoms with Gasteiger partial charge in [0.15, 0.2) is 0 Å². The molecule has 0 aliphatic carbocycles. The first kappa shape index (κ1) is 12.4. The molecule has 90 valence electrons. The van der Waals surface area contributed by atoms with Crippen LogP contribution in [0.3, 0.4) is 0 Å². The average molecular weight is 227 g/mol. The van der Waals surface area contributed by atoms with Gasteiger partial charge in [-0.05, 0) is 29.3 Å². The molecule has 1 aromatic heterocycles. The van der Waals surface area contributed by atoms with Gasteiger partial charge in [-0.25, -0.2) is 0 Å². The van der Waals surface area contributed by atoms with E-state index in [1.165, 1.54) is 0 Å². The third-order valence-corrected chi connectivity index (χ3v) is 2.40. The lowest BCUT2D eigenvalue weighted by molar-refractivity contribution is -0.388. The normalized spacial score (nSPS) is 10.4. The number of nitrogens with two attached hydrogens (primary N) is 1. The van der Waals surface area contributed by atoms with Crippen LogP contribution in [0.4, 0.5) is 11.6 Å². The summed E-state index contributed by atoms with van der Waals surface area (Å²) in [6.45, 7) is 3.03. The van der Waals surface area contributed by atoms with Crippen LogP contribution in [0.25, 0.3) is 0 Å². The van der Waals surface area contributed by atoms with Crippen LogP contribution in [0.2, 0.25) is 0 Å². The van der Waals surface area contributed by atoms with Crippen LogP contribution in [-0.4, -0.2) is 27.6 Å². The quantitative estimate of drug-likeness (QED) is 0.425. The van der Waals surface area contributed by atoms with Crippen LogP contribution in [0.1, 0.15) is 18.7 Å². The number of hydrogen-bond acceptors (Lipinski definition) is 5. The Morgan fingerprint density at radius 2 is 2.25 bits per heavy atom. The number of nitro groups is 1. The lowest BCUT2D eigenvalue weighted by atomic mass is 10.3. The molecule has 0 aromatic carbocycles. The number of unbranched alkanes of at least 4 members (excludes halogenated alkanes) is 1. The van der Waals surface area contributed by atoms with Gasteiger partial charge < -0.3 is 21.2 Å². The molecule has 0 saturated heterocycles. The minimum Gasteiger partial charge on any atom is -0.364 e. The van der Waals surface area contributed by atoms with Gasteiger partial charge in [-0.3, -0.25) is 4.57 Å². The molecule has 7 nitrogen and oxygen atoms in total. The molecular formula is C9H17N5O2. The first-order valence-corrected chi connectivity index (χ1v) is 5.19. The van der Waals surface area contributed by atoms with Crippen molar-refractivity contribution in [2.75, 3.05) is 18.4 Å². The standard InChI is InChI=1S/C9H17N5O2/c1-7-12-9(14(15)16)8(13(7)2)11-6-4-3-5-10/h11H,3-6,10H2,1-2H3. The van der Waals surface area contributed by atoms with Gasteiger partial charge in [0.1, 0.15) is 0 Å². The highest BCUT2D eigenvalue weighted by atomic mass is 16.6. The van der Waals surface area contributed by atoms with Crippen LogP contribution in [-0.2, 0) is 7.05 Å². The summed E-state index contributed by atoms with van der Waals surface area (Å²) in [6.07, 6.45) is 1.79. The third kappa shape index (κ3) is 2.69. The maximum Gasteiger partial charge on any atom is 0.406 e. The summed E-state index contributed by atoms with van der Waals surface area (Å²) in [5, 5.41) is 13.8. The van der Waals surface area contributed by atoms with Crippen molar-refractivity contribution in [2.45, 2.75) is 19.8 Å². The highest BCUT2D eigenvalue weighted by Gasteiger charge is 2.22. The number of aryl methyl sites for hydroxylation is 1. The number of hydrogen-bond donors (Lipinski definition) is 2. The Balaban J connectivity index is 2.73. The molecule has 1 rings (SSSR count). The van der Waals surface area contributed by atoms with Crippen molar-refractivity contribution in [3.05, 3.63) is 15.9 Å². The highest BCUT2D eigenvalue weighted by Crippen LogP contribution is 2.23. The predicted octanol–water partition coefficient (Wildman–Crippen LogP) is 0.788. The van der Waals surface area contributed by atoms with Crippen molar-refractivity contribution < 1.29 is 4.92 Å². The molecule has 0 saturated carbocycles. The second kappa shape index (κ2) is 5.45. The van der Waals surface area contributed by atoms with Gasteiger partial charge in [0.05, 0.1) is 0 Å². The fourth-order valence-electron chi connectivity index (χ4n) is 1.39. The van der Waals surface area contributed by atoms with Gasteiger partial charge in [0, 0.05) is 20.5 Å². The molecular weight excluding hydrogens is 210 g/mol. The van der Waals surface area contributed by atoms with Gasteiger partial charge >= 0.3 is 5.82 Å². The van der Waals surface area contributed by atoms with Crippen molar-refractivity contribution in [3.8, 4) is 0 Å². The number of nitrogens with one attached hydrogen (secondary N) is 1. The van der Waals surface area contributed by atoms with Crippen molar-refractivity contribution >= 4 is 11.6 Å². The van der Waals surface area contributed by atoms with Crippen LogP contribution >= 0.6 is 0 Å². The minimum atomic E-state index is -0.474. The smallest absolute Gasteiger partial charge is 0.364 e. The summed E-state index contributed by atoms with van der Waals surface area (Å²) in [5.74, 6) is 0.959. The molecule has 0 radical (unpaired) electrons. The van der Waals surface area contributed by atoms with E-state index in [9.17, 15) is 10.1 Å². The molecule has 7 heteroatoms. The van der Waals surface area contributed by atoms with E-state index in [2.05, 4.69) is 10.3 Å². The maximum atomic E-state index is 10.7. The monoisotopic (exact) mass is 227 g/mol. The molecule has 0 spiro atoms. The van der Waals surface area contributed by atoms with Crippen molar-refractivity contribution in [1.82, 2.24) is 9.55 Å². The fourth-order valence-corrected chi connectivity index (χ4v) is 1.39. The number of imidazole rings is 1. The molecule has 16 heavy (non-hydrogen) atoms. The molecule has 3 N–H and O–H groups in total. The Morgan fingerprint density at radius 1 is 1.56 bits per heavy atom. The van der Waals surface area contributed by atoms with E-state index in [1.54, 1.807) is 18.5 Å². The second-order valence-electron chi connectivity index (χ2n) is 3.57. The Kier molecular flexibility index (Phi) is 4.24. The largest absolute Gasteiger partial charge is 0.406 e. The second-order valence-corrected chi connectivity index (χ2v) is 3.57. The number of aromatic nitrogens is 2. The molecule has 0 aliphatic rings. The maximum absolute atomic E-state index is 10.7. The molecule has 1 aromatic rings. The van der Waals surface area contributed by atoms with Crippen molar-refractivity contribution in [3.63, 3.8) is 0 Å². The van der Waals surface area contributed by atoms with Gasteiger partial charge in [0.25, 0.3) is 0 Å². The van der Waals surface area contributed by atoms with Gasteiger partial charge in [-0.2, -0.15) is 0 Å². The number of nitrogens with zero attached hydrogens (tertiary/aromatic N) is 3. The average Bonchev–Trinajstić information content (AvgIpc) is 2.52. The molecule has 0 amide bonds. The summed E-state index contributed by atoms with van der Waals surface area (Å²) >= 11 is 0. The Bertz CT molecular complexity index is 374. The number of rotatable bonds is 6. The summed E-state index contributed by atoms with van der Waals surface area (Å²) in [6, 6.07) is 0. The van der Waals surface area contributed by atoms with E-state index in [0.29, 0.717) is 24.7 Å². The highest BCUT2D eigenvalue weighted by molar-refractivity contribution is 5.53. The topological polar surface area (TPSA) is 99.0 Å². The van der Waals surface area contributed by atoms with Gasteiger partial charge in [-0.1, -0.05) is 0 Å². The van der Waals surface area contributed by atoms with E-state index in [0.717, 1.165) is 12.8 Å². The first-order valence-electron chi connectivity index (χ1n) is 5.19. The van der Waals surface area contributed by atoms with E-state index >= 15 is 0 Å². The van der Waals surface area contributed by atoms with E-state index < -0.39 is 4.92 Å². The van der Waals surface area contributed by atoms with E-state index in [1.807, 2.05) is 0 Å². The van der Waals surface area contributed by atoms with Crippen LogP contribution in [0.5, 0.6) is 0 Å². The lowest BCUT2D eigenvalue weighted by Crippen LogP contribution is -2.09. The first-order chi connectivity index (χ1) is 7.57. The summed E-state index contributed by atoms with van der Waals surface area (Å²) in [5.41, 5.74) is 5.37. The lowest BCUT2D eigenvalue weighted by Gasteiger charge is -2.05. The Hall–Kier alpha value is -1.63. The summed E-state index contributed by atoms with van der Waals surface area (Å²) in [7, 11) is 1.75. The van der Waals surface area contributed by atoms with Crippen molar-refractivity contribution in [2.24, 2.45) is 12.8 Å². The molecule has 0 atom stereocenters.